The van der Waals surface area contributed by atoms with Crippen molar-refractivity contribution in [1.29, 1.82) is 0 Å². The largest absolute Gasteiger partial charge is 0.389 e. The van der Waals surface area contributed by atoms with Crippen molar-refractivity contribution in [3.63, 3.8) is 0 Å². The fourth-order valence-electron chi connectivity index (χ4n) is 3.22. The molecule has 26 heavy (non-hydrogen) atoms. The summed E-state index contributed by atoms with van der Waals surface area (Å²) in [4.78, 5) is 17.3. The Kier molecular flexibility index (Phi) is 5.06. The first-order valence-corrected chi connectivity index (χ1v) is 9.96. The van der Waals surface area contributed by atoms with Crippen LogP contribution in [-0.2, 0) is 11.2 Å². The van der Waals surface area contributed by atoms with Gasteiger partial charge in [-0.3, -0.25) is 0 Å². The van der Waals surface area contributed by atoms with Gasteiger partial charge >= 0.3 is 0 Å². The molecular weight excluding hydrogens is 350 g/mol. The maximum absolute atomic E-state index is 9.58. The van der Waals surface area contributed by atoms with Gasteiger partial charge in [0.2, 0.25) is 5.95 Å². The molecule has 0 amide bonds. The maximum Gasteiger partial charge on any atom is 0.227 e. The minimum Gasteiger partial charge on any atom is -0.389 e. The molecule has 1 unspecified atom stereocenters. The summed E-state index contributed by atoms with van der Waals surface area (Å²) in [6.07, 6.45) is 1.60. The molecule has 8 heteroatoms. The van der Waals surface area contributed by atoms with Crippen molar-refractivity contribution in [3.8, 4) is 0 Å². The second kappa shape index (κ2) is 7.46. The van der Waals surface area contributed by atoms with Crippen LogP contribution in [-0.4, -0.2) is 59.0 Å². The van der Waals surface area contributed by atoms with Gasteiger partial charge in [0.1, 0.15) is 5.82 Å². The molecular formula is C18H25N5O2S. The summed E-state index contributed by atoms with van der Waals surface area (Å²) >= 11 is 1.76. The molecule has 0 spiro atoms. The monoisotopic (exact) mass is 375 g/mol. The number of β-amino-alcohol motifs (C(OH)–C–C–N with tert-alkyl or cyclic N) is 1. The number of hydrogen-bond donors (Lipinski definition) is 2. The average molecular weight is 375 g/mol. The standard InChI is InChI=1S/C18H25N5O2S/c1-11-12(2)26-17(20-11)3-5-19-16-7-15(13-4-6-25-10-13)21-18(22-16)23-8-14(24)9-23/h7,13-14,24H,3-6,8-10H2,1-2H3,(H,19,21,22). The van der Waals surface area contributed by atoms with E-state index in [2.05, 4.69) is 29.1 Å². The Balaban J connectivity index is 1.46. The molecule has 0 aromatic carbocycles. The highest BCUT2D eigenvalue weighted by atomic mass is 32.1. The zero-order valence-corrected chi connectivity index (χ0v) is 16.1. The Labute approximate surface area is 157 Å². The third-order valence-corrected chi connectivity index (χ3v) is 6.08. The first-order valence-electron chi connectivity index (χ1n) is 9.15. The summed E-state index contributed by atoms with van der Waals surface area (Å²) in [5.41, 5.74) is 2.14. The lowest BCUT2D eigenvalue weighted by Gasteiger charge is -2.36. The number of aryl methyl sites for hydroxylation is 2. The maximum atomic E-state index is 9.58. The molecule has 0 aliphatic carbocycles. The van der Waals surface area contributed by atoms with Crippen LogP contribution in [0.5, 0.6) is 0 Å². The van der Waals surface area contributed by atoms with E-state index in [-0.39, 0.29) is 6.10 Å². The molecule has 4 heterocycles. The Bertz CT molecular complexity index is 749. The van der Waals surface area contributed by atoms with E-state index < -0.39 is 0 Å². The van der Waals surface area contributed by atoms with Gasteiger partial charge in [0.15, 0.2) is 0 Å². The predicted molar refractivity (Wildman–Crippen MR) is 102 cm³/mol. The van der Waals surface area contributed by atoms with Gasteiger partial charge in [0.05, 0.1) is 29.1 Å². The lowest BCUT2D eigenvalue weighted by Crippen LogP contribution is -2.51. The molecule has 0 bridgehead atoms. The Morgan fingerprint density at radius 1 is 1.31 bits per heavy atom. The molecule has 140 valence electrons. The normalized spacial score (nSPS) is 20.4. The smallest absolute Gasteiger partial charge is 0.227 e. The van der Waals surface area contributed by atoms with E-state index in [9.17, 15) is 5.11 Å². The van der Waals surface area contributed by atoms with E-state index in [1.807, 2.05) is 11.0 Å². The highest BCUT2D eigenvalue weighted by Gasteiger charge is 2.28. The number of hydrogen-bond acceptors (Lipinski definition) is 8. The van der Waals surface area contributed by atoms with Crippen LogP contribution in [0.1, 0.15) is 33.6 Å². The Hall–Kier alpha value is -1.77. The molecule has 0 saturated carbocycles. The van der Waals surface area contributed by atoms with Crippen molar-refractivity contribution in [2.75, 3.05) is 43.1 Å². The van der Waals surface area contributed by atoms with E-state index in [0.29, 0.717) is 25.0 Å². The number of aliphatic hydroxyl groups is 1. The molecule has 7 nitrogen and oxygen atoms in total. The summed E-state index contributed by atoms with van der Waals surface area (Å²) in [5, 5.41) is 14.2. The molecule has 4 rings (SSSR count). The molecule has 2 saturated heterocycles. The molecule has 2 aliphatic heterocycles. The van der Waals surface area contributed by atoms with Gasteiger partial charge in [-0.05, 0) is 20.3 Å². The number of nitrogens with zero attached hydrogens (tertiary/aromatic N) is 4. The number of aliphatic hydroxyl groups excluding tert-OH is 1. The van der Waals surface area contributed by atoms with Crippen molar-refractivity contribution >= 4 is 23.1 Å². The molecule has 1 atom stereocenters. The summed E-state index contributed by atoms with van der Waals surface area (Å²) < 4.78 is 5.52. The Morgan fingerprint density at radius 2 is 2.15 bits per heavy atom. The van der Waals surface area contributed by atoms with Crippen LogP contribution >= 0.6 is 11.3 Å². The molecule has 2 aromatic heterocycles. The van der Waals surface area contributed by atoms with Crippen molar-refractivity contribution in [2.24, 2.45) is 0 Å². The summed E-state index contributed by atoms with van der Waals surface area (Å²) in [7, 11) is 0. The SMILES string of the molecule is Cc1nc(CCNc2cc(C3CCOC3)nc(N3CC(O)C3)n2)sc1C. The molecule has 2 fully saturated rings. The lowest BCUT2D eigenvalue weighted by molar-refractivity contribution is 0.140. The van der Waals surface area contributed by atoms with Crippen LogP contribution < -0.4 is 10.2 Å². The zero-order chi connectivity index (χ0) is 18.1. The van der Waals surface area contributed by atoms with E-state index in [0.717, 1.165) is 54.8 Å². The lowest BCUT2D eigenvalue weighted by atomic mass is 10.0. The van der Waals surface area contributed by atoms with Crippen LogP contribution in [0.2, 0.25) is 0 Å². The Morgan fingerprint density at radius 3 is 2.81 bits per heavy atom. The van der Waals surface area contributed by atoms with Crippen LogP contribution in [0.3, 0.4) is 0 Å². The topological polar surface area (TPSA) is 83.4 Å². The van der Waals surface area contributed by atoms with E-state index in [1.54, 1.807) is 11.3 Å². The first-order chi connectivity index (χ1) is 12.6. The van der Waals surface area contributed by atoms with Crippen molar-refractivity contribution in [3.05, 3.63) is 27.3 Å². The number of aromatic nitrogens is 3. The van der Waals surface area contributed by atoms with Gasteiger partial charge < -0.3 is 20.1 Å². The molecule has 2 aliphatic rings. The minimum absolute atomic E-state index is 0.273. The number of ether oxygens (including phenoxy) is 1. The molecule has 2 aromatic rings. The fourth-order valence-corrected chi connectivity index (χ4v) is 4.16. The number of thiazole rings is 1. The van der Waals surface area contributed by atoms with E-state index >= 15 is 0 Å². The van der Waals surface area contributed by atoms with Gasteiger partial charge in [-0.15, -0.1) is 11.3 Å². The number of rotatable bonds is 6. The predicted octanol–water partition coefficient (Wildman–Crippen LogP) is 1.89. The zero-order valence-electron chi connectivity index (χ0n) is 15.2. The van der Waals surface area contributed by atoms with Gasteiger partial charge in [-0.25, -0.2) is 9.97 Å². The van der Waals surface area contributed by atoms with Crippen LogP contribution in [0.4, 0.5) is 11.8 Å². The third-order valence-electron chi connectivity index (χ3n) is 4.95. The second-order valence-electron chi connectivity index (χ2n) is 7.02. The van der Waals surface area contributed by atoms with Gasteiger partial charge in [-0.1, -0.05) is 0 Å². The van der Waals surface area contributed by atoms with Gasteiger partial charge in [0.25, 0.3) is 0 Å². The molecule has 2 N–H and O–H groups in total. The highest BCUT2D eigenvalue weighted by molar-refractivity contribution is 7.11. The average Bonchev–Trinajstić information content (AvgIpc) is 3.22. The number of anilines is 2. The van der Waals surface area contributed by atoms with Crippen molar-refractivity contribution in [2.45, 2.75) is 38.7 Å². The van der Waals surface area contributed by atoms with E-state index in [1.165, 1.54) is 4.88 Å². The van der Waals surface area contributed by atoms with Gasteiger partial charge in [0, 0.05) is 49.5 Å². The fraction of sp³-hybridized carbons (Fsp3) is 0.611. The van der Waals surface area contributed by atoms with E-state index in [4.69, 9.17) is 9.72 Å². The van der Waals surface area contributed by atoms with Gasteiger partial charge in [-0.2, -0.15) is 4.98 Å². The van der Waals surface area contributed by atoms with Crippen LogP contribution in [0.15, 0.2) is 6.07 Å². The third kappa shape index (κ3) is 3.82. The van der Waals surface area contributed by atoms with Crippen molar-refractivity contribution < 1.29 is 9.84 Å². The van der Waals surface area contributed by atoms with Crippen LogP contribution in [0.25, 0.3) is 0 Å². The highest BCUT2D eigenvalue weighted by Crippen LogP contribution is 2.28. The second-order valence-corrected chi connectivity index (χ2v) is 8.31. The number of nitrogens with one attached hydrogen (secondary N) is 1. The quantitative estimate of drug-likeness (QED) is 0.798. The van der Waals surface area contributed by atoms with Crippen molar-refractivity contribution in [1.82, 2.24) is 15.0 Å². The summed E-state index contributed by atoms with van der Waals surface area (Å²) in [6.45, 7) is 7.65. The first kappa shape index (κ1) is 17.6. The summed E-state index contributed by atoms with van der Waals surface area (Å²) in [5.74, 6) is 1.86. The minimum atomic E-state index is -0.273. The molecule has 0 radical (unpaired) electrons. The summed E-state index contributed by atoms with van der Waals surface area (Å²) in [6, 6.07) is 2.04. The van der Waals surface area contributed by atoms with Crippen LogP contribution in [0, 0.1) is 13.8 Å².